The standard InChI is InChI=1S/C17H26N6O/c1-2-18-17(20-13-14-7-6-12-24-14)19-10-5-9-16-22-21-15-8-3-4-11-23(15)16/h3-4,8,11,14H,2,5-7,9-10,12-13H2,1H3,(H2,18,19,20). The number of ether oxygens (including phenoxy) is 1. The van der Waals surface area contributed by atoms with Crippen LogP contribution in [0.15, 0.2) is 29.4 Å². The normalized spacial score (nSPS) is 18.2. The highest BCUT2D eigenvalue weighted by molar-refractivity contribution is 5.79. The summed E-state index contributed by atoms with van der Waals surface area (Å²) in [6.07, 6.45) is 6.40. The number of hydrogen-bond acceptors (Lipinski definition) is 4. The van der Waals surface area contributed by atoms with E-state index in [2.05, 4.69) is 32.7 Å². The van der Waals surface area contributed by atoms with Gasteiger partial charge in [0.1, 0.15) is 5.82 Å². The third kappa shape index (κ3) is 4.44. The molecule has 2 aromatic heterocycles. The summed E-state index contributed by atoms with van der Waals surface area (Å²) in [5.74, 6) is 1.85. The molecular weight excluding hydrogens is 304 g/mol. The molecule has 0 bridgehead atoms. The van der Waals surface area contributed by atoms with Crippen molar-refractivity contribution in [3.63, 3.8) is 0 Å². The Morgan fingerprint density at radius 1 is 1.38 bits per heavy atom. The van der Waals surface area contributed by atoms with Crippen LogP contribution in [0.1, 0.15) is 32.0 Å². The Bertz CT molecular complexity index is 662. The summed E-state index contributed by atoms with van der Waals surface area (Å²) < 4.78 is 7.65. The fourth-order valence-electron chi connectivity index (χ4n) is 2.84. The van der Waals surface area contributed by atoms with E-state index in [9.17, 15) is 0 Å². The molecule has 0 aliphatic carbocycles. The molecule has 0 amide bonds. The molecule has 2 N–H and O–H groups in total. The molecule has 3 rings (SSSR count). The number of aryl methyl sites for hydroxylation is 1. The first kappa shape index (κ1) is 16.7. The average molecular weight is 330 g/mol. The zero-order valence-electron chi connectivity index (χ0n) is 14.2. The van der Waals surface area contributed by atoms with Crippen molar-refractivity contribution < 1.29 is 4.74 Å². The maximum absolute atomic E-state index is 5.62. The van der Waals surface area contributed by atoms with Crippen LogP contribution >= 0.6 is 0 Å². The Morgan fingerprint density at radius 3 is 3.17 bits per heavy atom. The molecule has 2 aromatic rings. The first-order chi connectivity index (χ1) is 11.9. The number of aromatic nitrogens is 3. The molecule has 24 heavy (non-hydrogen) atoms. The Kier molecular flexibility index (Phi) is 6.01. The quantitative estimate of drug-likeness (QED) is 0.456. The van der Waals surface area contributed by atoms with Crippen molar-refractivity contribution in [2.75, 3.05) is 26.2 Å². The van der Waals surface area contributed by atoms with Crippen LogP contribution in [0.5, 0.6) is 0 Å². The van der Waals surface area contributed by atoms with Crippen molar-refractivity contribution in [1.82, 2.24) is 25.2 Å². The van der Waals surface area contributed by atoms with Crippen LogP contribution < -0.4 is 10.6 Å². The first-order valence-corrected chi connectivity index (χ1v) is 8.79. The molecule has 3 heterocycles. The van der Waals surface area contributed by atoms with Crippen LogP contribution in [0, 0.1) is 0 Å². The predicted octanol–water partition coefficient (Wildman–Crippen LogP) is 1.40. The van der Waals surface area contributed by atoms with Crippen LogP contribution in [-0.2, 0) is 11.2 Å². The number of hydrogen-bond donors (Lipinski definition) is 2. The van der Waals surface area contributed by atoms with Gasteiger partial charge in [-0.2, -0.15) is 0 Å². The largest absolute Gasteiger partial charge is 0.376 e. The van der Waals surface area contributed by atoms with Gasteiger partial charge in [0.2, 0.25) is 0 Å². The van der Waals surface area contributed by atoms with E-state index in [1.165, 1.54) is 0 Å². The highest BCUT2D eigenvalue weighted by Gasteiger charge is 2.14. The van der Waals surface area contributed by atoms with Gasteiger partial charge in [-0.15, -0.1) is 10.2 Å². The molecule has 1 atom stereocenters. The van der Waals surface area contributed by atoms with Crippen molar-refractivity contribution >= 4 is 11.6 Å². The van der Waals surface area contributed by atoms with Gasteiger partial charge >= 0.3 is 0 Å². The minimum atomic E-state index is 0.280. The molecule has 1 aliphatic heterocycles. The van der Waals surface area contributed by atoms with Gasteiger partial charge in [-0.05, 0) is 38.3 Å². The highest BCUT2D eigenvalue weighted by atomic mass is 16.5. The second kappa shape index (κ2) is 8.63. The number of nitrogens with one attached hydrogen (secondary N) is 2. The van der Waals surface area contributed by atoms with Gasteiger partial charge in [-0.25, -0.2) is 0 Å². The van der Waals surface area contributed by atoms with Crippen LogP contribution in [0.2, 0.25) is 0 Å². The highest BCUT2D eigenvalue weighted by Crippen LogP contribution is 2.11. The van der Waals surface area contributed by atoms with E-state index >= 15 is 0 Å². The molecule has 1 saturated heterocycles. The fraction of sp³-hybridized carbons (Fsp3) is 0.588. The van der Waals surface area contributed by atoms with E-state index in [0.717, 1.165) is 69.4 Å². The van der Waals surface area contributed by atoms with Crippen LogP contribution in [0.25, 0.3) is 5.65 Å². The molecule has 1 unspecified atom stereocenters. The SMILES string of the molecule is CCNC(=NCC1CCCO1)NCCCc1nnc2ccccn12. The van der Waals surface area contributed by atoms with Crippen LogP contribution in [0.3, 0.4) is 0 Å². The molecule has 1 fully saturated rings. The minimum Gasteiger partial charge on any atom is -0.376 e. The lowest BCUT2D eigenvalue weighted by atomic mass is 10.2. The maximum atomic E-state index is 5.62. The van der Waals surface area contributed by atoms with Gasteiger partial charge in [0, 0.05) is 32.3 Å². The van der Waals surface area contributed by atoms with Gasteiger partial charge in [-0.3, -0.25) is 9.39 Å². The molecule has 0 spiro atoms. The first-order valence-electron chi connectivity index (χ1n) is 8.79. The zero-order valence-corrected chi connectivity index (χ0v) is 14.2. The van der Waals surface area contributed by atoms with Crippen molar-refractivity contribution in [2.45, 2.75) is 38.7 Å². The minimum absolute atomic E-state index is 0.280. The Morgan fingerprint density at radius 2 is 2.33 bits per heavy atom. The van der Waals surface area contributed by atoms with Crippen LogP contribution in [-0.4, -0.2) is 52.9 Å². The average Bonchev–Trinajstić information content (AvgIpc) is 3.26. The summed E-state index contributed by atoms with van der Waals surface area (Å²) in [6.45, 7) is 5.37. The molecule has 1 aliphatic rings. The summed E-state index contributed by atoms with van der Waals surface area (Å²) in [5.41, 5.74) is 0.895. The number of rotatable bonds is 7. The lowest BCUT2D eigenvalue weighted by Crippen LogP contribution is -2.38. The van der Waals surface area contributed by atoms with Gasteiger partial charge in [-0.1, -0.05) is 6.07 Å². The number of pyridine rings is 1. The van der Waals surface area contributed by atoms with Gasteiger partial charge in [0.25, 0.3) is 0 Å². The Labute approximate surface area is 142 Å². The summed E-state index contributed by atoms with van der Waals surface area (Å²) in [6, 6.07) is 5.94. The third-order valence-electron chi connectivity index (χ3n) is 4.08. The fourth-order valence-corrected chi connectivity index (χ4v) is 2.84. The van der Waals surface area contributed by atoms with Gasteiger partial charge < -0.3 is 15.4 Å². The summed E-state index contributed by atoms with van der Waals surface area (Å²) in [4.78, 5) is 4.62. The molecule has 0 aromatic carbocycles. The number of fused-ring (bicyclic) bond motifs is 1. The number of guanidine groups is 1. The monoisotopic (exact) mass is 330 g/mol. The molecule has 7 nitrogen and oxygen atoms in total. The van der Waals surface area contributed by atoms with E-state index in [1.54, 1.807) is 0 Å². The molecular formula is C17H26N6O. The molecule has 0 radical (unpaired) electrons. The van der Waals surface area contributed by atoms with Crippen molar-refractivity contribution in [1.29, 1.82) is 0 Å². The van der Waals surface area contributed by atoms with Gasteiger partial charge in [0.05, 0.1) is 12.6 Å². The van der Waals surface area contributed by atoms with E-state index in [0.29, 0.717) is 0 Å². The second-order valence-electron chi connectivity index (χ2n) is 5.93. The molecule has 7 heteroatoms. The second-order valence-corrected chi connectivity index (χ2v) is 5.93. The summed E-state index contributed by atoms with van der Waals surface area (Å²) in [5, 5.41) is 15.1. The predicted molar refractivity (Wildman–Crippen MR) is 94.3 cm³/mol. The molecule has 130 valence electrons. The van der Waals surface area contributed by atoms with E-state index in [1.807, 2.05) is 28.8 Å². The number of nitrogens with zero attached hydrogens (tertiary/aromatic N) is 4. The Balaban J connectivity index is 1.45. The lowest BCUT2D eigenvalue weighted by Gasteiger charge is -2.12. The smallest absolute Gasteiger partial charge is 0.191 e. The molecule has 0 saturated carbocycles. The van der Waals surface area contributed by atoms with E-state index in [4.69, 9.17) is 4.74 Å². The van der Waals surface area contributed by atoms with Gasteiger partial charge in [0.15, 0.2) is 11.6 Å². The lowest BCUT2D eigenvalue weighted by molar-refractivity contribution is 0.117. The summed E-state index contributed by atoms with van der Waals surface area (Å²) in [7, 11) is 0. The number of aliphatic imine (C=N–C) groups is 1. The Hall–Kier alpha value is -2.15. The summed E-state index contributed by atoms with van der Waals surface area (Å²) >= 11 is 0. The topological polar surface area (TPSA) is 75.8 Å². The third-order valence-corrected chi connectivity index (χ3v) is 4.08. The van der Waals surface area contributed by atoms with Crippen LogP contribution in [0.4, 0.5) is 0 Å². The maximum Gasteiger partial charge on any atom is 0.191 e. The van der Waals surface area contributed by atoms with Crippen molar-refractivity contribution in [3.05, 3.63) is 30.2 Å². The van der Waals surface area contributed by atoms with E-state index in [-0.39, 0.29) is 6.10 Å². The van der Waals surface area contributed by atoms with E-state index < -0.39 is 0 Å². The van der Waals surface area contributed by atoms with Crippen molar-refractivity contribution in [2.24, 2.45) is 4.99 Å². The zero-order chi connectivity index (χ0) is 16.6. The van der Waals surface area contributed by atoms with Crippen molar-refractivity contribution in [3.8, 4) is 0 Å².